The number of hydrogen-bond donors (Lipinski definition) is 2. The summed E-state index contributed by atoms with van der Waals surface area (Å²) in [6.45, 7) is 1.07. The lowest BCUT2D eigenvalue weighted by atomic mass is 9.89. The third-order valence-corrected chi connectivity index (χ3v) is 6.21. The average molecular weight is 418 g/mol. The zero-order chi connectivity index (χ0) is 20.8. The van der Waals surface area contributed by atoms with E-state index in [0.29, 0.717) is 25.4 Å². The van der Waals surface area contributed by atoms with Gasteiger partial charge in [0.15, 0.2) is 0 Å². The van der Waals surface area contributed by atoms with Gasteiger partial charge in [0.2, 0.25) is 5.91 Å². The highest BCUT2D eigenvalue weighted by molar-refractivity contribution is 7.79. The minimum absolute atomic E-state index is 0.0695. The molecule has 2 N–H and O–H groups in total. The van der Waals surface area contributed by atoms with E-state index in [1.807, 2.05) is 18.2 Å². The lowest BCUT2D eigenvalue weighted by Gasteiger charge is -2.33. The Morgan fingerprint density at radius 1 is 1.21 bits per heavy atom. The van der Waals surface area contributed by atoms with Crippen LogP contribution >= 0.6 is 0 Å². The van der Waals surface area contributed by atoms with Crippen LogP contribution in [0.4, 0.5) is 4.79 Å². The fourth-order valence-electron chi connectivity index (χ4n) is 3.68. The fraction of sp³-hybridized carbons (Fsp3) is 0.550. The third-order valence-electron chi connectivity index (χ3n) is 5.55. The number of likely N-dealkylation sites (tertiary alicyclic amines) is 1. The van der Waals surface area contributed by atoms with Crippen molar-refractivity contribution in [3.05, 3.63) is 29.8 Å². The summed E-state index contributed by atoms with van der Waals surface area (Å²) in [6, 6.07) is 7.87. The maximum atomic E-state index is 12.7. The predicted molar refractivity (Wildman–Crippen MR) is 105 cm³/mol. The highest BCUT2D eigenvalue weighted by Crippen LogP contribution is 2.34. The summed E-state index contributed by atoms with van der Waals surface area (Å²) >= 11 is -2.23. The summed E-state index contributed by atoms with van der Waals surface area (Å²) in [7, 11) is 0. The maximum Gasteiger partial charge on any atom is 0.318 e. The molecule has 29 heavy (non-hydrogen) atoms. The number of carbonyl (C=O) groups is 2. The first-order valence-electron chi connectivity index (χ1n) is 9.87. The van der Waals surface area contributed by atoms with Crippen molar-refractivity contribution in [3.8, 4) is 6.07 Å². The second-order valence-corrected chi connectivity index (χ2v) is 8.56. The number of hydrogen-bond acceptors (Lipinski definition) is 5. The lowest BCUT2D eigenvalue weighted by Crippen LogP contribution is -2.52. The molecule has 9 heteroatoms. The standard InChI is InChI=1S/C20H26N4O4S/c21-9-10-22-19(25)18(13-14-1-2-14)23-20(26)24-11-7-16(8-12-24)15-3-5-17(6-4-15)29(27)28/h3-6,14,16,18H,1-2,7-8,10-13H2,(H,22,25)(H,23,26)(H,27,28)/p-1. The number of carbonyl (C=O) groups excluding carboxylic acids is 2. The van der Waals surface area contributed by atoms with Crippen molar-refractivity contribution in [1.29, 1.82) is 5.26 Å². The molecule has 1 saturated heterocycles. The van der Waals surface area contributed by atoms with Gasteiger partial charge in [-0.05, 0) is 59.9 Å². The van der Waals surface area contributed by atoms with Gasteiger partial charge in [0, 0.05) is 18.0 Å². The molecule has 1 aromatic carbocycles. The van der Waals surface area contributed by atoms with Crippen LogP contribution in [0.25, 0.3) is 0 Å². The Morgan fingerprint density at radius 2 is 1.86 bits per heavy atom. The quantitative estimate of drug-likeness (QED) is 0.515. The van der Waals surface area contributed by atoms with E-state index in [4.69, 9.17) is 5.26 Å². The van der Waals surface area contributed by atoms with Crippen molar-refractivity contribution in [1.82, 2.24) is 15.5 Å². The molecule has 0 aromatic heterocycles. The van der Waals surface area contributed by atoms with E-state index in [1.165, 1.54) is 0 Å². The minimum Gasteiger partial charge on any atom is -0.768 e. The maximum absolute atomic E-state index is 12.7. The van der Waals surface area contributed by atoms with E-state index < -0.39 is 17.1 Å². The smallest absolute Gasteiger partial charge is 0.318 e. The highest BCUT2D eigenvalue weighted by Gasteiger charge is 2.32. The van der Waals surface area contributed by atoms with Crippen LogP contribution in [0.3, 0.4) is 0 Å². The number of nitrogens with zero attached hydrogens (tertiary/aromatic N) is 2. The number of urea groups is 1. The van der Waals surface area contributed by atoms with Gasteiger partial charge >= 0.3 is 6.03 Å². The molecule has 1 saturated carbocycles. The number of rotatable bonds is 7. The van der Waals surface area contributed by atoms with Crippen molar-refractivity contribution in [2.45, 2.75) is 49.0 Å². The van der Waals surface area contributed by atoms with Crippen molar-refractivity contribution >= 4 is 23.0 Å². The molecule has 0 bridgehead atoms. The van der Waals surface area contributed by atoms with Crippen LogP contribution in [0.5, 0.6) is 0 Å². The highest BCUT2D eigenvalue weighted by atomic mass is 32.2. The molecule has 1 aliphatic carbocycles. The van der Waals surface area contributed by atoms with Crippen LogP contribution in [0.1, 0.15) is 43.6 Å². The van der Waals surface area contributed by atoms with E-state index in [2.05, 4.69) is 10.6 Å². The second-order valence-electron chi connectivity index (χ2n) is 7.62. The van der Waals surface area contributed by atoms with Crippen molar-refractivity contribution in [3.63, 3.8) is 0 Å². The van der Waals surface area contributed by atoms with Gasteiger partial charge in [-0.15, -0.1) is 0 Å². The molecule has 2 unspecified atom stereocenters. The Balaban J connectivity index is 1.52. The molecule has 0 radical (unpaired) electrons. The van der Waals surface area contributed by atoms with E-state index in [1.54, 1.807) is 17.0 Å². The lowest BCUT2D eigenvalue weighted by molar-refractivity contribution is -0.123. The van der Waals surface area contributed by atoms with E-state index in [-0.39, 0.29) is 29.3 Å². The van der Waals surface area contributed by atoms with Crippen molar-refractivity contribution in [2.75, 3.05) is 19.6 Å². The van der Waals surface area contributed by atoms with Crippen LogP contribution < -0.4 is 10.6 Å². The summed E-state index contributed by atoms with van der Waals surface area (Å²) in [6.07, 6.45) is 4.30. The molecule has 1 aliphatic heterocycles. The second kappa shape index (κ2) is 9.85. The Morgan fingerprint density at radius 3 is 2.41 bits per heavy atom. The van der Waals surface area contributed by atoms with Gasteiger partial charge in [0.05, 0.1) is 6.07 Å². The Bertz CT molecular complexity index is 796. The zero-order valence-corrected chi connectivity index (χ0v) is 17.0. The van der Waals surface area contributed by atoms with Gasteiger partial charge < -0.3 is 20.1 Å². The summed E-state index contributed by atoms with van der Waals surface area (Å²) in [5.41, 5.74) is 1.07. The molecule has 1 heterocycles. The van der Waals surface area contributed by atoms with Gasteiger partial charge in [-0.3, -0.25) is 9.00 Å². The van der Waals surface area contributed by atoms with Gasteiger partial charge in [-0.25, -0.2) is 4.79 Å². The molecule has 2 fully saturated rings. The number of amides is 3. The van der Waals surface area contributed by atoms with Crippen LogP contribution in [-0.2, 0) is 15.9 Å². The molecule has 156 valence electrons. The SMILES string of the molecule is N#CCNC(=O)C(CC1CC1)NC(=O)N1CCC(c2ccc(S(=O)[O-])cc2)CC1. The molecule has 3 rings (SSSR count). The Labute approximate surface area is 172 Å². The third kappa shape index (κ3) is 6.02. The van der Waals surface area contributed by atoms with Crippen LogP contribution in [0.2, 0.25) is 0 Å². The van der Waals surface area contributed by atoms with Gasteiger partial charge in [0.25, 0.3) is 0 Å². The minimum atomic E-state index is -2.23. The predicted octanol–water partition coefficient (Wildman–Crippen LogP) is 1.62. The van der Waals surface area contributed by atoms with Crippen molar-refractivity contribution < 1.29 is 18.4 Å². The number of benzene rings is 1. The Kier molecular flexibility index (Phi) is 7.23. The first kappa shape index (κ1) is 21.3. The Hall–Kier alpha value is -2.44. The van der Waals surface area contributed by atoms with Crippen LogP contribution in [0.15, 0.2) is 29.2 Å². The molecule has 0 spiro atoms. The molecular weight excluding hydrogens is 392 g/mol. The van der Waals surface area contributed by atoms with Gasteiger partial charge in [-0.1, -0.05) is 25.0 Å². The summed E-state index contributed by atoms with van der Waals surface area (Å²) in [5.74, 6) is 0.428. The monoisotopic (exact) mass is 417 g/mol. The number of nitriles is 1. The van der Waals surface area contributed by atoms with Gasteiger partial charge in [-0.2, -0.15) is 5.26 Å². The molecule has 8 nitrogen and oxygen atoms in total. The van der Waals surface area contributed by atoms with Crippen LogP contribution in [-0.4, -0.2) is 51.3 Å². The molecule has 2 atom stereocenters. The topological polar surface area (TPSA) is 125 Å². The molecule has 2 aliphatic rings. The average Bonchev–Trinajstić information content (AvgIpc) is 3.55. The largest absolute Gasteiger partial charge is 0.768 e. The van der Waals surface area contributed by atoms with E-state index in [9.17, 15) is 18.4 Å². The molecule has 1 aromatic rings. The first-order valence-corrected chi connectivity index (χ1v) is 10.9. The van der Waals surface area contributed by atoms with Crippen molar-refractivity contribution in [2.24, 2.45) is 5.92 Å². The summed E-state index contributed by atoms with van der Waals surface area (Å²) < 4.78 is 22.0. The van der Waals surface area contributed by atoms with Gasteiger partial charge in [0.1, 0.15) is 12.6 Å². The first-order chi connectivity index (χ1) is 14.0. The summed E-state index contributed by atoms with van der Waals surface area (Å²) in [5, 5.41) is 14.0. The number of piperidine rings is 1. The normalized spacial score (nSPS) is 19.1. The fourth-order valence-corrected chi connectivity index (χ4v) is 4.03. The molecule has 3 amide bonds. The number of nitrogens with one attached hydrogen (secondary N) is 2. The summed E-state index contributed by atoms with van der Waals surface area (Å²) in [4.78, 5) is 26.9. The molecular formula is C20H25N4O4S-. The zero-order valence-electron chi connectivity index (χ0n) is 16.1. The van der Waals surface area contributed by atoms with Crippen LogP contribution in [0, 0.1) is 17.2 Å². The van der Waals surface area contributed by atoms with E-state index >= 15 is 0 Å². The van der Waals surface area contributed by atoms with E-state index in [0.717, 1.165) is 31.2 Å².